The molecular formula is C15H18N2O3. The highest BCUT2D eigenvalue weighted by Gasteiger charge is 2.25. The fourth-order valence-electron chi connectivity index (χ4n) is 1.68. The van der Waals surface area contributed by atoms with Crippen molar-refractivity contribution < 1.29 is 14.7 Å². The number of carboxylic acid groups (broad SMARTS) is 1. The Hall–Kier alpha value is -2.48. The van der Waals surface area contributed by atoms with Crippen molar-refractivity contribution in [1.29, 1.82) is 0 Å². The molecule has 3 N–H and O–H groups in total. The topological polar surface area (TPSA) is 78.4 Å². The minimum Gasteiger partial charge on any atom is -0.480 e. The zero-order chi connectivity index (χ0) is 15.1. The minimum absolute atomic E-state index is 0.157. The molecule has 0 aliphatic rings. The lowest BCUT2D eigenvalue weighted by molar-refractivity contribution is -0.140. The number of urea groups is 1. The fraction of sp³-hybridized carbons (Fsp3) is 0.333. The number of anilines is 1. The van der Waals surface area contributed by atoms with Crippen LogP contribution in [0.5, 0.6) is 0 Å². The number of benzene rings is 1. The first-order chi connectivity index (χ1) is 9.47. The number of carboxylic acids is 1. The third kappa shape index (κ3) is 4.32. The molecule has 5 heteroatoms. The van der Waals surface area contributed by atoms with Gasteiger partial charge in [0.1, 0.15) is 6.04 Å². The molecule has 0 saturated heterocycles. The van der Waals surface area contributed by atoms with E-state index in [9.17, 15) is 9.59 Å². The first-order valence-corrected chi connectivity index (χ1v) is 6.35. The highest BCUT2D eigenvalue weighted by Crippen LogP contribution is 2.11. The van der Waals surface area contributed by atoms with Crippen LogP contribution in [0.25, 0.3) is 0 Å². The third-order valence-corrected chi connectivity index (χ3v) is 3.05. The van der Waals surface area contributed by atoms with Gasteiger partial charge in [-0.15, -0.1) is 6.42 Å². The average molecular weight is 274 g/mol. The summed E-state index contributed by atoms with van der Waals surface area (Å²) in [6.07, 6.45) is 5.93. The zero-order valence-electron chi connectivity index (χ0n) is 11.5. The van der Waals surface area contributed by atoms with Crippen LogP contribution in [0.1, 0.15) is 25.8 Å². The van der Waals surface area contributed by atoms with Gasteiger partial charge in [-0.2, -0.15) is 0 Å². The van der Waals surface area contributed by atoms with Gasteiger partial charge in [-0.05, 0) is 24.1 Å². The van der Waals surface area contributed by atoms with Crippen LogP contribution in [-0.4, -0.2) is 23.1 Å². The van der Waals surface area contributed by atoms with E-state index in [1.54, 1.807) is 31.2 Å². The van der Waals surface area contributed by atoms with Crippen LogP contribution in [-0.2, 0) is 4.79 Å². The molecule has 1 rings (SSSR count). The van der Waals surface area contributed by atoms with E-state index in [1.165, 1.54) is 0 Å². The number of carbonyl (C=O) groups excluding carboxylic acids is 1. The summed E-state index contributed by atoms with van der Waals surface area (Å²) >= 11 is 0. The Bertz CT molecular complexity index is 534. The van der Waals surface area contributed by atoms with Crippen molar-refractivity contribution in [2.24, 2.45) is 5.92 Å². The molecule has 1 aromatic carbocycles. The van der Waals surface area contributed by atoms with Crippen LogP contribution in [0.15, 0.2) is 24.3 Å². The SMILES string of the molecule is C#Cc1cccc(NC(=O)N[C@H](C(=O)O)[C@@H](C)CC)c1. The van der Waals surface area contributed by atoms with Crippen LogP contribution < -0.4 is 10.6 Å². The van der Waals surface area contributed by atoms with E-state index in [1.807, 2.05) is 6.92 Å². The summed E-state index contributed by atoms with van der Waals surface area (Å²) in [6.45, 7) is 3.65. The van der Waals surface area contributed by atoms with E-state index >= 15 is 0 Å². The molecule has 2 amide bonds. The normalized spacial score (nSPS) is 12.8. The molecule has 0 saturated carbocycles. The summed E-state index contributed by atoms with van der Waals surface area (Å²) in [7, 11) is 0. The summed E-state index contributed by atoms with van der Waals surface area (Å²) < 4.78 is 0. The van der Waals surface area contributed by atoms with Crippen molar-refractivity contribution in [2.75, 3.05) is 5.32 Å². The number of hydrogen-bond acceptors (Lipinski definition) is 2. The van der Waals surface area contributed by atoms with Crippen LogP contribution in [0.3, 0.4) is 0 Å². The maximum absolute atomic E-state index is 11.8. The van der Waals surface area contributed by atoms with Gasteiger partial charge in [-0.25, -0.2) is 9.59 Å². The Balaban J connectivity index is 2.71. The second-order valence-electron chi connectivity index (χ2n) is 4.53. The molecule has 20 heavy (non-hydrogen) atoms. The van der Waals surface area contributed by atoms with Crippen molar-refractivity contribution in [1.82, 2.24) is 5.32 Å². The first kappa shape index (κ1) is 15.6. The summed E-state index contributed by atoms with van der Waals surface area (Å²) in [5.41, 5.74) is 1.16. The largest absolute Gasteiger partial charge is 0.480 e. The first-order valence-electron chi connectivity index (χ1n) is 6.35. The van der Waals surface area contributed by atoms with Gasteiger partial charge in [0.25, 0.3) is 0 Å². The molecule has 2 atom stereocenters. The Labute approximate surface area is 118 Å². The lowest BCUT2D eigenvalue weighted by Gasteiger charge is -2.20. The van der Waals surface area contributed by atoms with Gasteiger partial charge in [0.05, 0.1) is 0 Å². The van der Waals surface area contributed by atoms with E-state index in [-0.39, 0.29) is 5.92 Å². The lowest BCUT2D eigenvalue weighted by atomic mass is 9.99. The van der Waals surface area contributed by atoms with Crippen molar-refractivity contribution >= 4 is 17.7 Å². The molecule has 0 aliphatic carbocycles. The molecule has 0 aliphatic heterocycles. The van der Waals surface area contributed by atoms with Crippen LogP contribution in [0.4, 0.5) is 10.5 Å². The zero-order valence-corrected chi connectivity index (χ0v) is 11.5. The number of amides is 2. The van der Waals surface area contributed by atoms with Gasteiger partial charge < -0.3 is 15.7 Å². The van der Waals surface area contributed by atoms with Gasteiger partial charge in [0.15, 0.2) is 0 Å². The smallest absolute Gasteiger partial charge is 0.326 e. The van der Waals surface area contributed by atoms with Gasteiger partial charge >= 0.3 is 12.0 Å². The van der Waals surface area contributed by atoms with Crippen molar-refractivity contribution in [2.45, 2.75) is 26.3 Å². The predicted molar refractivity (Wildman–Crippen MR) is 77.4 cm³/mol. The van der Waals surface area contributed by atoms with E-state index in [0.717, 1.165) is 0 Å². The Kier molecular flexibility index (Phi) is 5.60. The van der Waals surface area contributed by atoms with E-state index in [4.69, 9.17) is 11.5 Å². The Morgan fingerprint density at radius 1 is 1.45 bits per heavy atom. The second kappa shape index (κ2) is 7.19. The molecule has 0 aromatic heterocycles. The van der Waals surface area contributed by atoms with Crippen LogP contribution in [0, 0.1) is 18.3 Å². The minimum atomic E-state index is -1.05. The highest BCUT2D eigenvalue weighted by molar-refractivity contribution is 5.92. The molecule has 0 radical (unpaired) electrons. The molecule has 0 fully saturated rings. The van der Waals surface area contributed by atoms with Gasteiger partial charge in [0, 0.05) is 11.3 Å². The number of aliphatic carboxylic acids is 1. The molecule has 0 spiro atoms. The molecule has 106 valence electrons. The summed E-state index contributed by atoms with van der Waals surface area (Å²) in [5.74, 6) is 1.25. The van der Waals surface area contributed by atoms with Crippen LogP contribution in [0.2, 0.25) is 0 Å². The average Bonchev–Trinajstić information content (AvgIpc) is 2.43. The molecule has 1 aromatic rings. The summed E-state index contributed by atoms with van der Waals surface area (Å²) in [5, 5.41) is 14.1. The Morgan fingerprint density at radius 3 is 2.70 bits per heavy atom. The Morgan fingerprint density at radius 2 is 2.15 bits per heavy atom. The standard InChI is InChI=1S/C15H18N2O3/c1-4-10(3)13(14(18)19)17-15(20)16-12-8-6-7-11(5-2)9-12/h2,6-10,13H,4H2,1,3H3,(H,18,19)(H2,16,17,20)/t10-,13-/m0/s1. The second-order valence-corrected chi connectivity index (χ2v) is 4.53. The van der Waals surface area contributed by atoms with E-state index in [2.05, 4.69) is 16.6 Å². The third-order valence-electron chi connectivity index (χ3n) is 3.05. The van der Waals surface area contributed by atoms with Crippen LogP contribution >= 0.6 is 0 Å². The van der Waals surface area contributed by atoms with Crippen molar-refractivity contribution in [3.8, 4) is 12.3 Å². The molecule has 0 unspecified atom stereocenters. The number of nitrogens with one attached hydrogen (secondary N) is 2. The molecule has 0 bridgehead atoms. The monoisotopic (exact) mass is 274 g/mol. The predicted octanol–water partition coefficient (Wildman–Crippen LogP) is 2.29. The highest BCUT2D eigenvalue weighted by atomic mass is 16.4. The number of hydrogen-bond donors (Lipinski definition) is 3. The maximum atomic E-state index is 11.8. The quantitative estimate of drug-likeness (QED) is 0.721. The van der Waals surface area contributed by atoms with E-state index < -0.39 is 18.0 Å². The van der Waals surface area contributed by atoms with E-state index in [0.29, 0.717) is 17.7 Å². The number of rotatable bonds is 5. The summed E-state index contributed by atoms with van der Waals surface area (Å²) in [6, 6.07) is 5.29. The molecule has 5 nitrogen and oxygen atoms in total. The number of terminal acetylenes is 1. The maximum Gasteiger partial charge on any atom is 0.326 e. The van der Waals surface area contributed by atoms with Gasteiger partial charge in [-0.3, -0.25) is 0 Å². The molecule has 0 heterocycles. The van der Waals surface area contributed by atoms with Crippen molar-refractivity contribution in [3.63, 3.8) is 0 Å². The lowest BCUT2D eigenvalue weighted by Crippen LogP contribution is -2.46. The van der Waals surface area contributed by atoms with Crippen molar-refractivity contribution in [3.05, 3.63) is 29.8 Å². The van der Waals surface area contributed by atoms with Gasteiger partial charge in [0.2, 0.25) is 0 Å². The van der Waals surface area contributed by atoms with Gasteiger partial charge in [-0.1, -0.05) is 32.3 Å². The number of carbonyl (C=O) groups is 2. The molecular weight excluding hydrogens is 256 g/mol. The summed E-state index contributed by atoms with van der Waals surface area (Å²) in [4.78, 5) is 22.9. The fourth-order valence-corrected chi connectivity index (χ4v) is 1.68.